The SMILES string of the molecule is CC(=O)Nc1cccc(Nc2cc(S(=O)(=O)O)c(N)c3c2C(=O)c2ccccc2C3=O)c1.[NaH]. The Kier molecular flexibility index (Phi) is 6.78. The summed E-state index contributed by atoms with van der Waals surface area (Å²) in [5.41, 5.74) is 6.09. The van der Waals surface area contributed by atoms with Crippen LogP contribution in [0.15, 0.2) is 59.5 Å². The van der Waals surface area contributed by atoms with Crippen LogP contribution < -0.4 is 16.4 Å². The minimum absolute atomic E-state index is 0. The molecule has 0 radical (unpaired) electrons. The number of nitrogen functional groups attached to an aromatic ring is 1. The molecule has 0 bridgehead atoms. The van der Waals surface area contributed by atoms with Crippen molar-refractivity contribution in [3.8, 4) is 0 Å². The molecule has 0 heterocycles. The molecule has 164 valence electrons. The Balaban J connectivity index is 0.00000306. The molecule has 3 aromatic carbocycles. The first kappa shape index (κ1) is 24.6. The van der Waals surface area contributed by atoms with Gasteiger partial charge in [0.1, 0.15) is 4.90 Å². The van der Waals surface area contributed by atoms with Crippen LogP contribution in [-0.2, 0) is 14.9 Å². The van der Waals surface area contributed by atoms with E-state index in [9.17, 15) is 27.4 Å². The Labute approximate surface area is 211 Å². The molecule has 1 aliphatic rings. The van der Waals surface area contributed by atoms with E-state index in [1.54, 1.807) is 36.4 Å². The van der Waals surface area contributed by atoms with Crippen LogP contribution in [0.4, 0.5) is 22.7 Å². The number of hydrogen-bond acceptors (Lipinski definition) is 7. The third-order valence-corrected chi connectivity index (χ3v) is 5.83. The maximum absolute atomic E-state index is 13.3. The van der Waals surface area contributed by atoms with E-state index in [-0.39, 0.29) is 63.4 Å². The van der Waals surface area contributed by atoms with E-state index >= 15 is 0 Å². The van der Waals surface area contributed by atoms with Crippen LogP contribution in [0, 0.1) is 0 Å². The number of fused-ring (bicyclic) bond motifs is 2. The van der Waals surface area contributed by atoms with Gasteiger partial charge < -0.3 is 16.4 Å². The summed E-state index contributed by atoms with van der Waals surface area (Å²) in [6, 6.07) is 13.6. The second kappa shape index (κ2) is 9.08. The van der Waals surface area contributed by atoms with Crippen LogP contribution in [0.3, 0.4) is 0 Å². The van der Waals surface area contributed by atoms with E-state index in [0.29, 0.717) is 11.4 Å². The number of benzene rings is 3. The van der Waals surface area contributed by atoms with Gasteiger partial charge in [-0.05, 0) is 24.3 Å². The predicted octanol–water partition coefficient (Wildman–Crippen LogP) is 2.34. The number of carbonyl (C=O) groups is 3. The van der Waals surface area contributed by atoms with Crippen molar-refractivity contribution in [2.24, 2.45) is 0 Å². The molecule has 0 saturated carbocycles. The van der Waals surface area contributed by atoms with Gasteiger partial charge in [-0.3, -0.25) is 18.9 Å². The third-order valence-electron chi connectivity index (χ3n) is 4.94. The second-order valence-corrected chi connectivity index (χ2v) is 8.54. The summed E-state index contributed by atoms with van der Waals surface area (Å²) in [5.74, 6) is -1.45. The monoisotopic (exact) mass is 475 g/mol. The molecule has 0 aromatic heterocycles. The molecular formula is C22H18N3NaO6S. The summed E-state index contributed by atoms with van der Waals surface area (Å²) in [6.45, 7) is 1.34. The average Bonchev–Trinajstić information content (AvgIpc) is 2.72. The Morgan fingerprint density at radius 2 is 1.48 bits per heavy atom. The van der Waals surface area contributed by atoms with Crippen LogP contribution >= 0.6 is 0 Å². The molecule has 3 aromatic rings. The third kappa shape index (κ3) is 4.56. The molecule has 0 atom stereocenters. The van der Waals surface area contributed by atoms with Crippen molar-refractivity contribution in [2.45, 2.75) is 11.8 Å². The molecule has 33 heavy (non-hydrogen) atoms. The zero-order valence-electron chi connectivity index (χ0n) is 16.7. The molecule has 0 fully saturated rings. The molecule has 9 nitrogen and oxygen atoms in total. The van der Waals surface area contributed by atoms with Gasteiger partial charge in [0.2, 0.25) is 5.91 Å². The van der Waals surface area contributed by atoms with Gasteiger partial charge in [-0.25, -0.2) is 0 Å². The van der Waals surface area contributed by atoms with Crippen LogP contribution in [0.2, 0.25) is 0 Å². The molecule has 0 aliphatic heterocycles. The van der Waals surface area contributed by atoms with E-state index < -0.39 is 32.3 Å². The van der Waals surface area contributed by atoms with Crippen molar-refractivity contribution in [1.82, 2.24) is 0 Å². The number of rotatable bonds is 4. The van der Waals surface area contributed by atoms with Crippen LogP contribution in [0.5, 0.6) is 0 Å². The number of ketones is 2. The first-order valence-corrected chi connectivity index (χ1v) is 10.8. The Morgan fingerprint density at radius 3 is 2.06 bits per heavy atom. The molecule has 0 spiro atoms. The van der Waals surface area contributed by atoms with E-state index in [1.165, 1.54) is 19.1 Å². The zero-order chi connectivity index (χ0) is 23.2. The Hall–Kier alpha value is -3.02. The normalized spacial score (nSPS) is 12.3. The summed E-state index contributed by atoms with van der Waals surface area (Å²) in [7, 11) is -4.81. The summed E-state index contributed by atoms with van der Waals surface area (Å²) in [4.78, 5) is 37.1. The van der Waals surface area contributed by atoms with E-state index in [1.807, 2.05) is 0 Å². The van der Waals surface area contributed by atoms with Crippen LogP contribution in [0.1, 0.15) is 38.8 Å². The van der Waals surface area contributed by atoms with Gasteiger partial charge >= 0.3 is 29.6 Å². The average molecular weight is 475 g/mol. The number of nitrogens with one attached hydrogen (secondary N) is 2. The van der Waals surface area contributed by atoms with Crippen LogP contribution in [-0.4, -0.2) is 60.0 Å². The summed E-state index contributed by atoms with van der Waals surface area (Å²) in [5, 5.41) is 5.52. The number of carbonyl (C=O) groups excluding carboxylic acids is 3. The van der Waals surface area contributed by atoms with Gasteiger partial charge in [-0.1, -0.05) is 30.3 Å². The number of nitrogens with two attached hydrogens (primary N) is 1. The fourth-order valence-electron chi connectivity index (χ4n) is 3.64. The molecular weight excluding hydrogens is 457 g/mol. The fourth-order valence-corrected chi connectivity index (χ4v) is 4.29. The van der Waals surface area contributed by atoms with Gasteiger partial charge in [0.25, 0.3) is 10.1 Å². The summed E-state index contributed by atoms with van der Waals surface area (Å²) >= 11 is 0. The topological polar surface area (TPSA) is 156 Å². The fraction of sp³-hybridized carbons (Fsp3) is 0.0455. The number of anilines is 4. The number of amides is 1. The minimum atomic E-state index is -4.81. The van der Waals surface area contributed by atoms with Gasteiger partial charge in [0.15, 0.2) is 11.6 Å². The predicted molar refractivity (Wildman–Crippen MR) is 125 cm³/mol. The van der Waals surface area contributed by atoms with Crippen molar-refractivity contribution >= 4 is 79.9 Å². The Morgan fingerprint density at radius 1 is 0.909 bits per heavy atom. The van der Waals surface area contributed by atoms with Crippen molar-refractivity contribution in [1.29, 1.82) is 0 Å². The zero-order valence-corrected chi connectivity index (χ0v) is 17.5. The van der Waals surface area contributed by atoms with Crippen molar-refractivity contribution < 1.29 is 27.4 Å². The first-order valence-electron chi connectivity index (χ1n) is 9.35. The standard InChI is InChI=1S/C22H17N3O6S.Na.H/c1-11(26)24-12-5-4-6-13(9-12)25-16-10-17(32(29,30)31)20(23)19-18(16)21(27)14-7-2-3-8-15(14)22(19)28;;/h2-10,25H,23H2,1H3,(H,24,26)(H,29,30,31);;. The maximum atomic E-state index is 13.3. The van der Waals surface area contributed by atoms with Gasteiger partial charge in [0.05, 0.1) is 22.5 Å². The molecule has 1 aliphatic carbocycles. The van der Waals surface area contributed by atoms with E-state index in [2.05, 4.69) is 10.6 Å². The summed E-state index contributed by atoms with van der Waals surface area (Å²) < 4.78 is 33.6. The van der Waals surface area contributed by atoms with Crippen molar-refractivity contribution in [2.75, 3.05) is 16.4 Å². The molecule has 4 rings (SSSR count). The van der Waals surface area contributed by atoms with E-state index in [4.69, 9.17) is 5.73 Å². The van der Waals surface area contributed by atoms with Gasteiger partial charge in [-0.15, -0.1) is 0 Å². The molecule has 0 saturated heterocycles. The Bertz CT molecular complexity index is 1440. The van der Waals surface area contributed by atoms with E-state index in [0.717, 1.165) is 6.07 Å². The summed E-state index contributed by atoms with van der Waals surface area (Å²) in [6.07, 6.45) is 0. The van der Waals surface area contributed by atoms with Gasteiger partial charge in [-0.2, -0.15) is 8.42 Å². The molecule has 1 amide bonds. The molecule has 11 heteroatoms. The molecule has 5 N–H and O–H groups in total. The number of hydrogen-bond donors (Lipinski definition) is 4. The van der Waals surface area contributed by atoms with Crippen LogP contribution in [0.25, 0.3) is 0 Å². The molecule has 0 unspecified atom stereocenters. The first-order chi connectivity index (χ1) is 15.1. The van der Waals surface area contributed by atoms with Crippen molar-refractivity contribution in [3.63, 3.8) is 0 Å². The second-order valence-electron chi connectivity index (χ2n) is 7.15. The van der Waals surface area contributed by atoms with Gasteiger partial charge in [0, 0.05) is 29.4 Å². The quantitative estimate of drug-likeness (QED) is 0.199. The van der Waals surface area contributed by atoms with Crippen molar-refractivity contribution in [3.05, 3.63) is 76.9 Å².